The van der Waals surface area contributed by atoms with E-state index < -0.39 is 49.6 Å². The highest BCUT2D eigenvalue weighted by Crippen LogP contribution is 2.47. The summed E-state index contributed by atoms with van der Waals surface area (Å²) >= 11 is 12.7. The van der Waals surface area contributed by atoms with Gasteiger partial charge in [0, 0.05) is 45.0 Å². The maximum atomic E-state index is 14.8. The van der Waals surface area contributed by atoms with Crippen molar-refractivity contribution in [3.8, 4) is 0 Å². The first kappa shape index (κ1) is 31.7. The summed E-state index contributed by atoms with van der Waals surface area (Å²) in [5.74, 6) is -2.18. The molecular formula is C32H23Cl2F3N4O4S. The number of urea groups is 1. The minimum absolute atomic E-state index is 0.116. The highest BCUT2D eigenvalue weighted by molar-refractivity contribution is 7.92. The number of carbonyl (C=O) groups excluding carboxylic acids is 2. The van der Waals surface area contributed by atoms with Gasteiger partial charge in [-0.15, -0.1) is 0 Å². The van der Waals surface area contributed by atoms with Crippen LogP contribution in [0.1, 0.15) is 36.8 Å². The Labute approximate surface area is 271 Å². The van der Waals surface area contributed by atoms with Crippen LogP contribution >= 0.6 is 23.2 Å². The topological polar surface area (TPSA) is 109 Å². The van der Waals surface area contributed by atoms with Gasteiger partial charge < -0.3 is 5.32 Å². The van der Waals surface area contributed by atoms with E-state index in [1.54, 1.807) is 74.8 Å². The summed E-state index contributed by atoms with van der Waals surface area (Å²) in [5, 5.41) is 5.09. The van der Waals surface area contributed by atoms with E-state index in [9.17, 15) is 31.2 Å². The van der Waals surface area contributed by atoms with Crippen molar-refractivity contribution >= 4 is 72.5 Å². The standard InChI is InChI=1S/C32H23Cl2F3N4O4S/c1-17(23-11-13-38-27-9-3-19(33)15-25(23)27)31(18(2)24-12-14-39-28-10-4-20(34)16-26(24)28)29(42)41(30(43)40-31)21-5-7-22(8-6-21)46(44,45)32(35,36)37/h3-18H,1-2H3,(H,40,43). The fraction of sp³-hybridized carbons (Fsp3) is 0.188. The van der Waals surface area contributed by atoms with Crippen molar-refractivity contribution in [2.24, 2.45) is 0 Å². The first-order chi connectivity index (χ1) is 21.7. The van der Waals surface area contributed by atoms with Gasteiger partial charge in [-0.2, -0.15) is 13.2 Å². The lowest BCUT2D eigenvalue weighted by Crippen LogP contribution is -2.55. The van der Waals surface area contributed by atoms with Crippen molar-refractivity contribution in [1.29, 1.82) is 0 Å². The number of alkyl halides is 3. The van der Waals surface area contributed by atoms with Gasteiger partial charge in [0.15, 0.2) is 0 Å². The predicted molar refractivity (Wildman–Crippen MR) is 169 cm³/mol. The van der Waals surface area contributed by atoms with E-state index in [0.29, 0.717) is 55.1 Å². The molecule has 0 spiro atoms. The van der Waals surface area contributed by atoms with Crippen molar-refractivity contribution in [2.45, 2.75) is 41.6 Å². The molecule has 0 saturated carbocycles. The zero-order valence-electron chi connectivity index (χ0n) is 24.0. The fourth-order valence-corrected chi connectivity index (χ4v) is 7.30. The normalized spacial score (nSPS) is 18.6. The van der Waals surface area contributed by atoms with Crippen molar-refractivity contribution in [3.63, 3.8) is 0 Å². The van der Waals surface area contributed by atoms with Crippen LogP contribution in [0.25, 0.3) is 21.8 Å². The van der Waals surface area contributed by atoms with Gasteiger partial charge in [0.1, 0.15) is 5.54 Å². The molecule has 8 nitrogen and oxygen atoms in total. The first-order valence-corrected chi connectivity index (χ1v) is 16.1. The van der Waals surface area contributed by atoms with E-state index in [0.717, 1.165) is 17.0 Å². The number of amides is 3. The largest absolute Gasteiger partial charge is 0.501 e. The molecule has 6 rings (SSSR count). The molecule has 2 atom stereocenters. The molecule has 1 aliphatic rings. The number of imide groups is 1. The van der Waals surface area contributed by atoms with Crippen molar-refractivity contribution in [1.82, 2.24) is 15.3 Å². The van der Waals surface area contributed by atoms with E-state index in [1.165, 1.54) is 0 Å². The third kappa shape index (κ3) is 4.95. The Kier molecular flexibility index (Phi) is 7.73. The number of fused-ring (bicyclic) bond motifs is 2. The van der Waals surface area contributed by atoms with Gasteiger partial charge >= 0.3 is 11.5 Å². The maximum absolute atomic E-state index is 14.8. The van der Waals surface area contributed by atoms with Gasteiger partial charge in [0.2, 0.25) is 0 Å². The maximum Gasteiger partial charge on any atom is 0.501 e. The summed E-state index contributed by atoms with van der Waals surface area (Å²) in [6.07, 6.45) is 3.17. The average molecular weight is 688 g/mol. The fourth-order valence-electron chi connectivity index (χ4n) is 6.19. The predicted octanol–water partition coefficient (Wildman–Crippen LogP) is 7.79. The van der Waals surface area contributed by atoms with Crippen LogP contribution in [0, 0.1) is 0 Å². The Hall–Kier alpha value is -4.26. The van der Waals surface area contributed by atoms with E-state index in [-0.39, 0.29) is 5.69 Å². The number of rotatable bonds is 6. The number of halogens is 5. The van der Waals surface area contributed by atoms with E-state index in [1.807, 2.05) is 0 Å². The number of carbonyl (C=O) groups is 2. The summed E-state index contributed by atoms with van der Waals surface area (Å²) in [6.45, 7) is 3.56. The van der Waals surface area contributed by atoms with Gasteiger partial charge in [-0.3, -0.25) is 14.8 Å². The zero-order chi connectivity index (χ0) is 33.2. The molecule has 5 aromatic rings. The molecule has 2 unspecified atom stereocenters. The Bertz CT molecular complexity index is 2070. The second-order valence-electron chi connectivity index (χ2n) is 10.9. The Morgan fingerprint density at radius 3 is 1.72 bits per heavy atom. The van der Waals surface area contributed by atoms with Crippen LogP contribution in [0.15, 0.2) is 90.1 Å². The number of hydrogen-bond donors (Lipinski definition) is 1. The molecule has 46 heavy (non-hydrogen) atoms. The van der Waals surface area contributed by atoms with Crippen molar-refractivity contribution in [2.75, 3.05) is 4.90 Å². The smallest absolute Gasteiger partial charge is 0.322 e. The number of pyridine rings is 2. The minimum Gasteiger partial charge on any atom is -0.322 e. The average Bonchev–Trinajstić information content (AvgIpc) is 3.29. The number of nitrogens with one attached hydrogen (secondary N) is 1. The number of aromatic nitrogens is 2. The van der Waals surface area contributed by atoms with Crippen LogP contribution in [0.2, 0.25) is 10.0 Å². The molecule has 0 bridgehead atoms. The third-order valence-corrected chi connectivity index (χ3v) is 10.5. The van der Waals surface area contributed by atoms with E-state index >= 15 is 0 Å². The molecule has 236 valence electrons. The minimum atomic E-state index is -5.65. The van der Waals surface area contributed by atoms with Crippen LogP contribution in [-0.4, -0.2) is 41.4 Å². The summed E-state index contributed by atoms with van der Waals surface area (Å²) in [7, 11) is -5.65. The SMILES string of the molecule is CC(c1ccnc2ccc(Cl)cc12)C1(C(C)c2ccnc3ccc(Cl)cc23)NC(=O)N(c2ccc(S(=O)(=O)C(F)(F)F)cc2)C1=O. The Balaban J connectivity index is 1.54. The molecule has 14 heteroatoms. The number of nitrogens with zero attached hydrogens (tertiary/aromatic N) is 3. The van der Waals surface area contributed by atoms with Gasteiger partial charge in [-0.25, -0.2) is 18.1 Å². The van der Waals surface area contributed by atoms with E-state index in [4.69, 9.17) is 23.2 Å². The second-order valence-corrected chi connectivity index (χ2v) is 13.8. The van der Waals surface area contributed by atoms with Crippen molar-refractivity contribution in [3.05, 3.63) is 106 Å². The highest BCUT2D eigenvalue weighted by Gasteiger charge is 2.59. The number of anilines is 1. The second kappa shape index (κ2) is 11.2. The van der Waals surface area contributed by atoms with Gasteiger partial charge in [-0.05, 0) is 83.9 Å². The van der Waals surface area contributed by atoms with E-state index in [2.05, 4.69) is 15.3 Å². The Morgan fingerprint density at radius 2 is 1.26 bits per heavy atom. The highest BCUT2D eigenvalue weighted by atomic mass is 35.5. The monoisotopic (exact) mass is 686 g/mol. The molecule has 1 N–H and O–H groups in total. The quantitative estimate of drug-likeness (QED) is 0.183. The van der Waals surface area contributed by atoms with Gasteiger partial charge in [0.25, 0.3) is 15.7 Å². The summed E-state index contributed by atoms with van der Waals surface area (Å²) in [5.41, 5.74) is -4.81. The summed E-state index contributed by atoms with van der Waals surface area (Å²) in [4.78, 5) is 37.2. The number of hydrogen-bond acceptors (Lipinski definition) is 6. The lowest BCUT2D eigenvalue weighted by Gasteiger charge is -2.39. The molecule has 3 aromatic carbocycles. The molecule has 1 saturated heterocycles. The van der Waals surface area contributed by atoms with Crippen LogP contribution in [0.5, 0.6) is 0 Å². The third-order valence-electron chi connectivity index (χ3n) is 8.56. The molecule has 0 aliphatic carbocycles. The molecule has 3 heterocycles. The lowest BCUT2D eigenvalue weighted by molar-refractivity contribution is -0.123. The van der Waals surface area contributed by atoms with Crippen molar-refractivity contribution < 1.29 is 31.2 Å². The zero-order valence-corrected chi connectivity index (χ0v) is 26.3. The Morgan fingerprint density at radius 1 is 0.783 bits per heavy atom. The molecule has 3 amide bonds. The van der Waals surface area contributed by atoms with Crippen LogP contribution in [0.4, 0.5) is 23.7 Å². The van der Waals surface area contributed by atoms with Crippen LogP contribution in [-0.2, 0) is 14.6 Å². The van der Waals surface area contributed by atoms with Gasteiger partial charge in [0.05, 0.1) is 21.6 Å². The summed E-state index contributed by atoms with van der Waals surface area (Å²) < 4.78 is 63.4. The van der Waals surface area contributed by atoms with Gasteiger partial charge in [-0.1, -0.05) is 37.0 Å². The number of benzene rings is 3. The summed E-state index contributed by atoms with van der Waals surface area (Å²) in [6, 6.07) is 16.3. The van der Waals surface area contributed by atoms with Crippen LogP contribution < -0.4 is 10.2 Å². The molecule has 1 fully saturated rings. The van der Waals surface area contributed by atoms with Crippen LogP contribution in [0.3, 0.4) is 0 Å². The first-order valence-electron chi connectivity index (χ1n) is 13.8. The number of sulfone groups is 1. The molecule has 2 aromatic heterocycles. The lowest BCUT2D eigenvalue weighted by atomic mass is 9.69. The molecule has 0 radical (unpaired) electrons. The molecule has 1 aliphatic heterocycles. The molecular weight excluding hydrogens is 664 g/mol.